The molecule has 3 heteroatoms. The van der Waals surface area contributed by atoms with Crippen LogP contribution in [-0.4, -0.2) is 28.5 Å². The molecule has 1 aromatic rings. The van der Waals surface area contributed by atoms with Gasteiger partial charge in [0, 0.05) is 13.2 Å². The van der Waals surface area contributed by atoms with E-state index in [1.807, 2.05) is 12.1 Å². The van der Waals surface area contributed by atoms with Crippen molar-refractivity contribution in [2.75, 3.05) is 13.2 Å². The zero-order chi connectivity index (χ0) is 12.5. The third-order valence-corrected chi connectivity index (χ3v) is 2.87. The first-order valence-corrected chi connectivity index (χ1v) is 6.30. The summed E-state index contributed by atoms with van der Waals surface area (Å²) >= 11 is 0. The van der Waals surface area contributed by atoms with Gasteiger partial charge < -0.3 is 15.3 Å². The SMILES string of the molecule is OCCCCc1ccc(O)c(CCCCO)c1. The third-order valence-electron chi connectivity index (χ3n) is 2.87. The lowest BCUT2D eigenvalue weighted by Gasteiger charge is -2.07. The van der Waals surface area contributed by atoms with Gasteiger partial charge in [-0.05, 0) is 55.7 Å². The summed E-state index contributed by atoms with van der Waals surface area (Å²) in [6.45, 7) is 0.443. The monoisotopic (exact) mass is 238 g/mol. The second kappa shape index (κ2) is 8.09. The van der Waals surface area contributed by atoms with Crippen LogP contribution in [0.3, 0.4) is 0 Å². The van der Waals surface area contributed by atoms with Crippen molar-refractivity contribution in [3.8, 4) is 5.75 Å². The highest BCUT2D eigenvalue weighted by Gasteiger charge is 2.03. The van der Waals surface area contributed by atoms with E-state index in [4.69, 9.17) is 10.2 Å². The second-order valence-electron chi connectivity index (χ2n) is 4.32. The first-order valence-electron chi connectivity index (χ1n) is 6.30. The van der Waals surface area contributed by atoms with Gasteiger partial charge in [0.2, 0.25) is 0 Å². The largest absolute Gasteiger partial charge is 0.508 e. The van der Waals surface area contributed by atoms with Crippen LogP contribution >= 0.6 is 0 Å². The highest BCUT2D eigenvalue weighted by Crippen LogP contribution is 2.21. The average molecular weight is 238 g/mol. The smallest absolute Gasteiger partial charge is 0.118 e. The fourth-order valence-electron chi connectivity index (χ4n) is 1.86. The van der Waals surface area contributed by atoms with Crippen LogP contribution in [0.5, 0.6) is 5.75 Å². The summed E-state index contributed by atoms with van der Waals surface area (Å²) in [5.74, 6) is 0.342. The van der Waals surface area contributed by atoms with Gasteiger partial charge >= 0.3 is 0 Å². The highest BCUT2D eigenvalue weighted by molar-refractivity contribution is 5.36. The second-order valence-corrected chi connectivity index (χ2v) is 4.32. The molecule has 0 aromatic heterocycles. The molecule has 0 amide bonds. The van der Waals surface area contributed by atoms with E-state index in [0.717, 1.165) is 44.1 Å². The summed E-state index contributed by atoms with van der Waals surface area (Å²) in [6.07, 6.45) is 5.20. The summed E-state index contributed by atoms with van der Waals surface area (Å²) in [4.78, 5) is 0. The molecule has 96 valence electrons. The first kappa shape index (κ1) is 14.0. The molecule has 0 saturated carbocycles. The number of aliphatic hydroxyl groups excluding tert-OH is 2. The molecular weight excluding hydrogens is 216 g/mol. The van der Waals surface area contributed by atoms with Crippen LogP contribution in [0.4, 0.5) is 0 Å². The van der Waals surface area contributed by atoms with Crippen LogP contribution < -0.4 is 0 Å². The van der Waals surface area contributed by atoms with Crippen molar-refractivity contribution in [3.05, 3.63) is 29.3 Å². The number of hydrogen-bond acceptors (Lipinski definition) is 3. The van der Waals surface area contributed by atoms with Crippen LogP contribution in [0.15, 0.2) is 18.2 Å². The Morgan fingerprint density at radius 1 is 0.824 bits per heavy atom. The fraction of sp³-hybridized carbons (Fsp3) is 0.571. The van der Waals surface area contributed by atoms with Crippen molar-refractivity contribution in [2.24, 2.45) is 0 Å². The molecule has 0 aliphatic carbocycles. The lowest BCUT2D eigenvalue weighted by Crippen LogP contribution is -1.93. The molecule has 0 radical (unpaired) electrons. The summed E-state index contributed by atoms with van der Waals surface area (Å²) < 4.78 is 0. The summed E-state index contributed by atoms with van der Waals surface area (Å²) in [5, 5.41) is 27.2. The van der Waals surface area contributed by atoms with Gasteiger partial charge in [-0.1, -0.05) is 12.1 Å². The molecule has 0 spiro atoms. The van der Waals surface area contributed by atoms with Crippen molar-refractivity contribution in [2.45, 2.75) is 38.5 Å². The Bertz CT molecular complexity index is 323. The summed E-state index contributed by atoms with van der Waals surface area (Å²) in [5.41, 5.74) is 2.16. The average Bonchev–Trinajstić information content (AvgIpc) is 2.33. The van der Waals surface area contributed by atoms with Gasteiger partial charge in [-0.15, -0.1) is 0 Å². The molecule has 0 atom stereocenters. The lowest BCUT2D eigenvalue weighted by atomic mass is 10.0. The number of aromatic hydroxyl groups is 1. The molecule has 1 rings (SSSR count). The van der Waals surface area contributed by atoms with Crippen LogP contribution in [-0.2, 0) is 12.8 Å². The highest BCUT2D eigenvalue weighted by atomic mass is 16.3. The molecular formula is C14H22O3. The predicted molar refractivity (Wildman–Crippen MR) is 68.2 cm³/mol. The predicted octanol–water partition coefficient (Wildman–Crippen LogP) is 2.02. The number of aryl methyl sites for hydroxylation is 2. The quantitative estimate of drug-likeness (QED) is 0.607. The van der Waals surface area contributed by atoms with Crippen molar-refractivity contribution < 1.29 is 15.3 Å². The zero-order valence-corrected chi connectivity index (χ0v) is 10.2. The number of rotatable bonds is 8. The van der Waals surface area contributed by atoms with Crippen LogP contribution in [0.1, 0.15) is 36.8 Å². The molecule has 0 saturated heterocycles. The van der Waals surface area contributed by atoms with Gasteiger partial charge in [-0.25, -0.2) is 0 Å². The van der Waals surface area contributed by atoms with Gasteiger partial charge in [0.1, 0.15) is 5.75 Å². The molecule has 0 unspecified atom stereocenters. The molecule has 0 aliphatic heterocycles. The lowest BCUT2D eigenvalue weighted by molar-refractivity contribution is 0.284. The maximum Gasteiger partial charge on any atom is 0.118 e. The van der Waals surface area contributed by atoms with Gasteiger partial charge in [-0.3, -0.25) is 0 Å². The molecule has 0 aliphatic rings. The maximum absolute atomic E-state index is 9.70. The topological polar surface area (TPSA) is 60.7 Å². The molecule has 0 heterocycles. The van der Waals surface area contributed by atoms with Gasteiger partial charge in [0.05, 0.1) is 0 Å². The van der Waals surface area contributed by atoms with E-state index in [-0.39, 0.29) is 13.2 Å². The van der Waals surface area contributed by atoms with Gasteiger partial charge in [-0.2, -0.15) is 0 Å². The van der Waals surface area contributed by atoms with E-state index in [9.17, 15) is 5.11 Å². The number of hydrogen-bond donors (Lipinski definition) is 3. The number of phenolic OH excluding ortho intramolecular Hbond substituents is 1. The Morgan fingerprint density at radius 2 is 1.47 bits per heavy atom. The third kappa shape index (κ3) is 5.20. The molecule has 0 fully saturated rings. The number of unbranched alkanes of at least 4 members (excludes halogenated alkanes) is 2. The minimum Gasteiger partial charge on any atom is -0.508 e. The van der Waals surface area contributed by atoms with Gasteiger partial charge in [0.15, 0.2) is 0 Å². The van der Waals surface area contributed by atoms with Crippen molar-refractivity contribution in [3.63, 3.8) is 0 Å². The maximum atomic E-state index is 9.70. The van der Waals surface area contributed by atoms with Crippen molar-refractivity contribution >= 4 is 0 Å². The Labute approximate surface area is 103 Å². The number of aliphatic hydroxyl groups is 2. The van der Waals surface area contributed by atoms with E-state index in [1.54, 1.807) is 6.07 Å². The van der Waals surface area contributed by atoms with E-state index >= 15 is 0 Å². The number of benzene rings is 1. The number of phenols is 1. The first-order chi connectivity index (χ1) is 8.27. The van der Waals surface area contributed by atoms with Gasteiger partial charge in [0.25, 0.3) is 0 Å². The molecule has 1 aromatic carbocycles. The summed E-state index contributed by atoms with van der Waals surface area (Å²) in [7, 11) is 0. The van der Waals surface area contributed by atoms with Crippen LogP contribution in [0.2, 0.25) is 0 Å². The minimum absolute atomic E-state index is 0.205. The standard InChI is InChI=1S/C14H22O3/c15-9-3-1-5-12-7-8-14(17)13(11-12)6-2-4-10-16/h7-8,11,15-17H,1-6,9-10H2. The van der Waals surface area contributed by atoms with E-state index in [0.29, 0.717) is 5.75 Å². The summed E-state index contributed by atoms with van der Waals surface area (Å²) in [6, 6.07) is 5.70. The van der Waals surface area contributed by atoms with E-state index < -0.39 is 0 Å². The molecule has 17 heavy (non-hydrogen) atoms. The molecule has 3 N–H and O–H groups in total. The Kier molecular flexibility index (Phi) is 6.67. The Balaban J connectivity index is 2.53. The Morgan fingerprint density at radius 3 is 2.12 bits per heavy atom. The van der Waals surface area contributed by atoms with Crippen LogP contribution in [0, 0.1) is 0 Å². The van der Waals surface area contributed by atoms with Crippen molar-refractivity contribution in [1.82, 2.24) is 0 Å². The van der Waals surface area contributed by atoms with Crippen molar-refractivity contribution in [1.29, 1.82) is 0 Å². The minimum atomic E-state index is 0.205. The van der Waals surface area contributed by atoms with Crippen LogP contribution in [0.25, 0.3) is 0 Å². The normalized spacial score (nSPS) is 10.7. The zero-order valence-electron chi connectivity index (χ0n) is 10.2. The molecule has 3 nitrogen and oxygen atoms in total. The van der Waals surface area contributed by atoms with E-state index in [2.05, 4.69) is 0 Å². The Hall–Kier alpha value is -1.06. The fourth-order valence-corrected chi connectivity index (χ4v) is 1.86. The molecule has 0 bridgehead atoms. The van der Waals surface area contributed by atoms with E-state index in [1.165, 1.54) is 5.56 Å².